The maximum atomic E-state index is 15.4. The first-order chi connectivity index (χ1) is 18.7. The Morgan fingerprint density at radius 3 is 1.68 bits per heavy atom. The molecule has 222 valence electrons. The van der Waals surface area contributed by atoms with E-state index in [1.54, 1.807) is 12.1 Å². The molecule has 2 aromatic rings. The molecule has 2 atom stereocenters. The average Bonchev–Trinajstić information content (AvgIpc) is 2.92. The van der Waals surface area contributed by atoms with Crippen molar-refractivity contribution in [3.63, 3.8) is 0 Å². The second kappa shape index (κ2) is 14.1. The fourth-order valence-corrected chi connectivity index (χ4v) is 4.32. The lowest BCUT2D eigenvalue weighted by atomic mass is 9.85. The van der Waals surface area contributed by atoms with Crippen LogP contribution in [0.25, 0.3) is 0 Å². The number of aliphatic carboxylic acids is 1. The van der Waals surface area contributed by atoms with Crippen molar-refractivity contribution < 1.29 is 41.4 Å². The van der Waals surface area contributed by atoms with Crippen LogP contribution >= 0.6 is 0 Å². The van der Waals surface area contributed by atoms with E-state index in [-0.39, 0.29) is 28.3 Å². The maximum absolute atomic E-state index is 15.4. The molecular formula is C29H36F6N2O3. The van der Waals surface area contributed by atoms with Crippen LogP contribution in [0.2, 0.25) is 0 Å². The number of nitrogens with zero attached hydrogens (tertiary/aromatic N) is 1. The van der Waals surface area contributed by atoms with Crippen molar-refractivity contribution in [3.05, 3.63) is 83.9 Å². The Hall–Kier alpha value is -2.89. The highest BCUT2D eigenvalue weighted by Crippen LogP contribution is 2.56. The van der Waals surface area contributed by atoms with E-state index in [0.717, 1.165) is 12.8 Å². The highest BCUT2D eigenvalue weighted by Gasteiger charge is 2.81. The SMILES string of the molecule is CCCCCCCCCC(=O)O.NN(C(c1ccccc1)c1ccccc1)C1(F)C=CC(O)(F)C(F)(F)C1(F)F. The number of carboxylic acid groups (broad SMARTS) is 1. The first-order valence-corrected chi connectivity index (χ1v) is 13.1. The number of hydrogen-bond donors (Lipinski definition) is 3. The number of carboxylic acids is 1. The molecule has 0 spiro atoms. The van der Waals surface area contributed by atoms with Gasteiger partial charge in [0, 0.05) is 6.42 Å². The van der Waals surface area contributed by atoms with Gasteiger partial charge in [-0.05, 0) is 29.7 Å². The van der Waals surface area contributed by atoms with Crippen molar-refractivity contribution in [3.8, 4) is 0 Å². The number of halogens is 6. The van der Waals surface area contributed by atoms with Crippen LogP contribution in [-0.4, -0.2) is 44.7 Å². The molecule has 3 rings (SSSR count). The van der Waals surface area contributed by atoms with Crippen molar-refractivity contribution in [2.24, 2.45) is 5.84 Å². The number of nitrogens with two attached hydrogens (primary N) is 1. The number of benzene rings is 2. The van der Waals surface area contributed by atoms with Crippen LogP contribution in [0, 0.1) is 0 Å². The third-order valence-corrected chi connectivity index (χ3v) is 6.68. The molecule has 0 saturated carbocycles. The van der Waals surface area contributed by atoms with Crippen LogP contribution in [0.5, 0.6) is 0 Å². The molecule has 1 aliphatic carbocycles. The summed E-state index contributed by atoms with van der Waals surface area (Å²) in [4.78, 5) is 10.1. The molecule has 1 aliphatic rings. The Kier molecular flexibility index (Phi) is 11.8. The second-order valence-electron chi connectivity index (χ2n) is 9.73. The van der Waals surface area contributed by atoms with Gasteiger partial charge < -0.3 is 10.2 Å². The zero-order chi connectivity index (χ0) is 30.0. The Morgan fingerprint density at radius 1 is 0.775 bits per heavy atom. The van der Waals surface area contributed by atoms with Gasteiger partial charge in [0.25, 0.3) is 11.6 Å². The Bertz CT molecular complexity index is 1050. The van der Waals surface area contributed by atoms with Crippen molar-refractivity contribution in [1.29, 1.82) is 0 Å². The molecule has 0 bridgehead atoms. The summed E-state index contributed by atoms with van der Waals surface area (Å²) in [6.45, 7) is 2.20. The molecule has 0 heterocycles. The molecule has 5 nitrogen and oxygen atoms in total. The minimum Gasteiger partial charge on any atom is -0.481 e. The largest absolute Gasteiger partial charge is 0.481 e. The molecule has 0 fully saturated rings. The van der Waals surface area contributed by atoms with Crippen molar-refractivity contribution in [2.45, 2.75) is 87.8 Å². The van der Waals surface area contributed by atoms with Crippen LogP contribution in [-0.2, 0) is 4.79 Å². The molecule has 2 unspecified atom stereocenters. The van der Waals surface area contributed by atoms with E-state index in [4.69, 9.17) is 16.1 Å². The molecular weight excluding hydrogens is 538 g/mol. The lowest BCUT2D eigenvalue weighted by Gasteiger charge is -2.48. The second-order valence-corrected chi connectivity index (χ2v) is 9.73. The predicted molar refractivity (Wildman–Crippen MR) is 140 cm³/mol. The predicted octanol–water partition coefficient (Wildman–Crippen LogP) is 7.33. The van der Waals surface area contributed by atoms with Gasteiger partial charge in [-0.25, -0.2) is 8.78 Å². The van der Waals surface area contributed by atoms with Gasteiger partial charge in [-0.15, -0.1) is 0 Å². The molecule has 0 aromatic heterocycles. The quantitative estimate of drug-likeness (QED) is 0.0617. The summed E-state index contributed by atoms with van der Waals surface area (Å²) in [6, 6.07) is 13.8. The fourth-order valence-electron chi connectivity index (χ4n) is 4.32. The van der Waals surface area contributed by atoms with Gasteiger partial charge in [0.2, 0.25) is 0 Å². The number of carbonyl (C=O) groups is 1. The minimum atomic E-state index is -5.76. The molecule has 11 heteroatoms. The number of unbranched alkanes of at least 4 members (excludes halogenated alkanes) is 6. The third kappa shape index (κ3) is 7.44. The van der Waals surface area contributed by atoms with Gasteiger partial charge in [-0.3, -0.25) is 10.6 Å². The van der Waals surface area contributed by atoms with Gasteiger partial charge in [-0.2, -0.15) is 22.6 Å². The van der Waals surface area contributed by atoms with E-state index in [2.05, 4.69) is 6.92 Å². The summed E-state index contributed by atoms with van der Waals surface area (Å²) in [5.41, 5.74) is 0.476. The lowest BCUT2D eigenvalue weighted by Crippen LogP contribution is -2.72. The number of rotatable bonds is 12. The third-order valence-electron chi connectivity index (χ3n) is 6.68. The Labute approximate surface area is 230 Å². The van der Waals surface area contributed by atoms with Crippen molar-refractivity contribution in [1.82, 2.24) is 5.01 Å². The van der Waals surface area contributed by atoms with Gasteiger partial charge in [0.05, 0.1) is 6.04 Å². The van der Waals surface area contributed by atoms with Gasteiger partial charge in [-0.1, -0.05) is 106 Å². The summed E-state index contributed by atoms with van der Waals surface area (Å²) in [5, 5.41) is 17.3. The number of hydrogen-bond acceptors (Lipinski definition) is 4. The van der Waals surface area contributed by atoms with Gasteiger partial charge >= 0.3 is 17.8 Å². The van der Waals surface area contributed by atoms with Crippen LogP contribution in [0.15, 0.2) is 72.8 Å². The zero-order valence-corrected chi connectivity index (χ0v) is 22.3. The molecule has 0 radical (unpaired) electrons. The normalized spacial score (nSPS) is 23.1. The standard InChI is InChI=1S/C19H16F6N2O.C10H20O2/c20-16(11-12-17(21,28)19(24,25)18(16,22)23)27(26)15(13-7-3-1-4-8-13)14-9-5-2-6-10-14;1-2-3-4-5-6-7-8-9-10(11)12/h1-12,15,28H,26H2;2-9H2,1H3,(H,11,12). The van der Waals surface area contributed by atoms with Gasteiger partial charge in [0.1, 0.15) is 0 Å². The molecule has 40 heavy (non-hydrogen) atoms. The first-order valence-electron chi connectivity index (χ1n) is 13.1. The first kappa shape index (κ1) is 33.3. The number of aliphatic hydroxyl groups is 1. The van der Waals surface area contributed by atoms with E-state index < -0.39 is 35.5 Å². The smallest absolute Gasteiger partial charge is 0.376 e. The Balaban J connectivity index is 0.000000395. The fraction of sp³-hybridized carbons (Fsp3) is 0.483. The summed E-state index contributed by atoms with van der Waals surface area (Å²) >= 11 is 0. The van der Waals surface area contributed by atoms with E-state index >= 15 is 4.39 Å². The summed E-state index contributed by atoms with van der Waals surface area (Å²) in [7, 11) is 0. The number of hydrazine groups is 1. The van der Waals surface area contributed by atoms with Crippen LogP contribution in [0.1, 0.15) is 75.5 Å². The van der Waals surface area contributed by atoms with E-state index in [1.807, 2.05) is 0 Å². The maximum Gasteiger partial charge on any atom is 0.376 e. The number of alkyl halides is 6. The Morgan fingerprint density at radius 2 is 1.23 bits per heavy atom. The summed E-state index contributed by atoms with van der Waals surface area (Å²) < 4.78 is 85.8. The van der Waals surface area contributed by atoms with E-state index in [0.29, 0.717) is 6.42 Å². The van der Waals surface area contributed by atoms with Crippen LogP contribution < -0.4 is 5.84 Å². The van der Waals surface area contributed by atoms with Crippen molar-refractivity contribution >= 4 is 5.97 Å². The summed E-state index contributed by atoms with van der Waals surface area (Å²) in [5.74, 6) is -15.5. The van der Waals surface area contributed by atoms with Crippen LogP contribution in [0.3, 0.4) is 0 Å². The van der Waals surface area contributed by atoms with E-state index in [1.165, 1.54) is 80.6 Å². The lowest BCUT2D eigenvalue weighted by molar-refractivity contribution is -0.370. The summed E-state index contributed by atoms with van der Waals surface area (Å²) in [6.07, 6.45) is 8.12. The van der Waals surface area contributed by atoms with Crippen molar-refractivity contribution in [2.75, 3.05) is 0 Å². The highest BCUT2D eigenvalue weighted by molar-refractivity contribution is 5.66. The molecule has 4 N–H and O–H groups in total. The van der Waals surface area contributed by atoms with Crippen LogP contribution in [0.4, 0.5) is 26.3 Å². The minimum absolute atomic E-state index is 0.0860. The highest BCUT2D eigenvalue weighted by atomic mass is 19.3. The molecule has 0 saturated heterocycles. The van der Waals surface area contributed by atoms with E-state index in [9.17, 15) is 26.7 Å². The molecule has 2 aromatic carbocycles. The topological polar surface area (TPSA) is 86.8 Å². The molecule has 0 amide bonds. The average molecular weight is 575 g/mol. The monoisotopic (exact) mass is 574 g/mol. The van der Waals surface area contributed by atoms with Gasteiger partial charge in [0.15, 0.2) is 0 Å². The zero-order valence-electron chi connectivity index (χ0n) is 22.3. The molecule has 0 aliphatic heterocycles.